The number of carbonyl (C=O) groups is 1. The fourth-order valence-electron chi connectivity index (χ4n) is 4.35. The van der Waals surface area contributed by atoms with E-state index in [0.29, 0.717) is 32.5 Å². The molecule has 0 aliphatic rings. The van der Waals surface area contributed by atoms with Crippen LogP contribution in [0.2, 0.25) is 10.0 Å². The molecule has 3 aromatic carbocycles. The van der Waals surface area contributed by atoms with Crippen molar-refractivity contribution in [1.82, 2.24) is 24.1 Å². The summed E-state index contributed by atoms with van der Waals surface area (Å²) in [4.78, 5) is 42.7. The van der Waals surface area contributed by atoms with E-state index in [-0.39, 0.29) is 35.4 Å². The number of aryl methyl sites for hydroxylation is 2. The maximum absolute atomic E-state index is 13.2. The van der Waals surface area contributed by atoms with Gasteiger partial charge in [-0.1, -0.05) is 47.0 Å². The normalized spacial score (nSPS) is 11.3. The van der Waals surface area contributed by atoms with Gasteiger partial charge in [0.2, 0.25) is 0 Å². The lowest BCUT2D eigenvalue weighted by molar-refractivity contribution is 0.0955. The van der Waals surface area contributed by atoms with E-state index in [1.54, 1.807) is 53.1 Å². The molecular weight excluding hydrogens is 595 g/mol. The highest BCUT2D eigenvalue weighted by Gasteiger charge is 2.22. The number of hydrogen-bond donors (Lipinski definition) is 1. The van der Waals surface area contributed by atoms with Gasteiger partial charge in [-0.05, 0) is 60.5 Å². The van der Waals surface area contributed by atoms with E-state index in [9.17, 15) is 14.4 Å². The Bertz CT molecular complexity index is 2010. The third-order valence-corrected chi connectivity index (χ3v) is 7.33. The third kappa shape index (κ3) is 6.04. The van der Waals surface area contributed by atoms with Crippen LogP contribution in [0.25, 0.3) is 11.2 Å². The number of hydrazone groups is 1. The third-order valence-electron chi connectivity index (χ3n) is 6.74. The molecule has 0 atom stereocenters. The lowest BCUT2D eigenvalue weighted by Crippen LogP contribution is -2.37. The zero-order valence-corrected chi connectivity index (χ0v) is 25.1. The molecule has 2 aromatic heterocycles. The molecule has 11 nitrogen and oxygen atoms in total. The predicted octanol–water partition coefficient (Wildman–Crippen LogP) is 4.66. The summed E-state index contributed by atoms with van der Waals surface area (Å²) in [7, 11) is 4.38. The van der Waals surface area contributed by atoms with E-state index in [1.165, 1.54) is 32.0 Å². The second kappa shape index (κ2) is 12.2. The fraction of sp³-hybridized carbons (Fsp3) is 0.167. The summed E-state index contributed by atoms with van der Waals surface area (Å²) >= 11 is 12.5. The number of fused-ring (bicyclic) bond motifs is 1. The fourth-order valence-corrected chi connectivity index (χ4v) is 4.82. The zero-order valence-electron chi connectivity index (χ0n) is 23.6. The Morgan fingerprint density at radius 1 is 1.00 bits per heavy atom. The molecule has 5 aromatic rings. The SMILES string of the molecule is COc1cc(/C=N\NC(=O)c2ccc(C)cc2)ccc1Oc1nc2c(c(=O)n(C)c(=O)n2C)n1Cc1ccc(Cl)cc1Cl. The Morgan fingerprint density at radius 2 is 1.74 bits per heavy atom. The summed E-state index contributed by atoms with van der Waals surface area (Å²) in [6.45, 7) is 2.04. The topological polar surface area (TPSA) is 122 Å². The van der Waals surface area contributed by atoms with Gasteiger partial charge < -0.3 is 9.47 Å². The maximum atomic E-state index is 13.2. The molecule has 0 fully saturated rings. The Morgan fingerprint density at radius 3 is 2.44 bits per heavy atom. The van der Waals surface area contributed by atoms with Gasteiger partial charge in [-0.25, -0.2) is 10.2 Å². The van der Waals surface area contributed by atoms with Gasteiger partial charge in [0.15, 0.2) is 22.7 Å². The minimum atomic E-state index is -0.545. The summed E-state index contributed by atoms with van der Waals surface area (Å²) in [5.74, 6) is 0.270. The number of benzene rings is 3. The Labute approximate surface area is 255 Å². The quantitative estimate of drug-likeness (QED) is 0.199. The van der Waals surface area contributed by atoms with E-state index >= 15 is 0 Å². The number of rotatable bonds is 8. The highest BCUT2D eigenvalue weighted by atomic mass is 35.5. The zero-order chi connectivity index (χ0) is 30.8. The summed E-state index contributed by atoms with van der Waals surface area (Å²) in [6, 6.07) is 17.2. The first-order chi connectivity index (χ1) is 20.6. The maximum Gasteiger partial charge on any atom is 0.332 e. The van der Waals surface area contributed by atoms with Crippen molar-refractivity contribution < 1.29 is 14.3 Å². The van der Waals surface area contributed by atoms with Crippen LogP contribution in [-0.4, -0.2) is 37.9 Å². The molecule has 0 unspecified atom stereocenters. The first kappa shape index (κ1) is 29.6. The Hall–Kier alpha value is -4.87. The van der Waals surface area contributed by atoms with Gasteiger partial charge in [-0.15, -0.1) is 0 Å². The van der Waals surface area contributed by atoms with Crippen LogP contribution >= 0.6 is 23.2 Å². The summed E-state index contributed by atoms with van der Waals surface area (Å²) < 4.78 is 15.5. The van der Waals surface area contributed by atoms with Gasteiger partial charge in [0.1, 0.15) is 0 Å². The van der Waals surface area contributed by atoms with Crippen molar-refractivity contribution >= 4 is 46.5 Å². The average Bonchev–Trinajstić information content (AvgIpc) is 3.35. The summed E-state index contributed by atoms with van der Waals surface area (Å²) in [5, 5.41) is 4.89. The van der Waals surface area contributed by atoms with Crippen molar-refractivity contribution in [1.29, 1.82) is 0 Å². The average molecular weight is 621 g/mol. The van der Waals surface area contributed by atoms with E-state index in [0.717, 1.165) is 10.1 Å². The minimum Gasteiger partial charge on any atom is -0.493 e. The number of nitrogens with one attached hydrogen (secondary N) is 1. The van der Waals surface area contributed by atoms with E-state index < -0.39 is 11.2 Å². The van der Waals surface area contributed by atoms with Crippen LogP contribution in [0.15, 0.2) is 75.4 Å². The number of aromatic nitrogens is 4. The van der Waals surface area contributed by atoms with Gasteiger partial charge >= 0.3 is 11.7 Å². The monoisotopic (exact) mass is 620 g/mol. The van der Waals surface area contributed by atoms with Crippen molar-refractivity contribution in [3.63, 3.8) is 0 Å². The number of ether oxygens (including phenoxy) is 2. The Kier molecular flexibility index (Phi) is 8.38. The number of methoxy groups -OCH3 is 1. The lowest BCUT2D eigenvalue weighted by atomic mass is 10.1. The molecule has 0 spiro atoms. The molecular formula is C30H26Cl2N6O5. The first-order valence-corrected chi connectivity index (χ1v) is 13.7. The van der Waals surface area contributed by atoms with Crippen LogP contribution in [0.4, 0.5) is 0 Å². The van der Waals surface area contributed by atoms with Crippen LogP contribution in [-0.2, 0) is 20.6 Å². The predicted molar refractivity (Wildman–Crippen MR) is 165 cm³/mol. The molecule has 1 amide bonds. The van der Waals surface area contributed by atoms with Crippen LogP contribution in [0.1, 0.15) is 27.0 Å². The van der Waals surface area contributed by atoms with Crippen LogP contribution in [0.3, 0.4) is 0 Å². The van der Waals surface area contributed by atoms with Crippen molar-refractivity contribution in [3.8, 4) is 17.5 Å². The molecule has 5 rings (SSSR count). The molecule has 0 aliphatic carbocycles. The van der Waals surface area contributed by atoms with Crippen LogP contribution in [0.5, 0.6) is 17.5 Å². The molecule has 13 heteroatoms. The van der Waals surface area contributed by atoms with E-state index in [2.05, 4.69) is 15.5 Å². The number of nitrogens with zero attached hydrogens (tertiary/aromatic N) is 5. The van der Waals surface area contributed by atoms with Gasteiger partial charge in [-0.2, -0.15) is 10.1 Å². The van der Waals surface area contributed by atoms with Crippen LogP contribution in [0, 0.1) is 6.92 Å². The van der Waals surface area contributed by atoms with Gasteiger partial charge in [0.25, 0.3) is 11.5 Å². The first-order valence-electron chi connectivity index (χ1n) is 12.9. The number of hydrogen-bond acceptors (Lipinski definition) is 7. The van der Waals surface area contributed by atoms with Crippen molar-refractivity contribution in [2.24, 2.45) is 19.2 Å². The second-order valence-corrected chi connectivity index (χ2v) is 10.5. The van der Waals surface area contributed by atoms with Gasteiger partial charge in [0.05, 0.1) is 19.9 Å². The van der Waals surface area contributed by atoms with Crippen LogP contribution < -0.4 is 26.1 Å². The van der Waals surface area contributed by atoms with E-state index in [4.69, 9.17) is 32.7 Å². The highest BCUT2D eigenvalue weighted by molar-refractivity contribution is 6.35. The summed E-state index contributed by atoms with van der Waals surface area (Å²) in [6.07, 6.45) is 1.47. The standard InChI is InChI=1S/C30H26Cl2N6O5/c1-17-5-8-19(9-6-17)27(39)35-33-15-18-7-12-23(24(13-18)42-4)43-29-34-26-25(28(40)37(3)30(41)36(26)2)38(29)16-20-10-11-21(31)14-22(20)32/h5-15H,16H2,1-4H3,(H,35,39)/b33-15-. The summed E-state index contributed by atoms with van der Waals surface area (Å²) in [5.41, 5.74) is 4.51. The lowest BCUT2D eigenvalue weighted by Gasteiger charge is -2.13. The molecule has 0 bridgehead atoms. The number of amides is 1. The molecule has 220 valence electrons. The molecule has 2 heterocycles. The Balaban J connectivity index is 1.49. The van der Waals surface area contributed by atoms with Crippen molar-refractivity contribution in [2.75, 3.05) is 7.11 Å². The molecule has 0 saturated heterocycles. The minimum absolute atomic E-state index is 0.0318. The number of imidazole rings is 1. The second-order valence-electron chi connectivity index (χ2n) is 9.67. The largest absolute Gasteiger partial charge is 0.493 e. The number of halogens is 2. The van der Waals surface area contributed by atoms with E-state index in [1.807, 2.05) is 19.1 Å². The molecule has 0 radical (unpaired) electrons. The highest BCUT2D eigenvalue weighted by Crippen LogP contribution is 2.34. The van der Waals surface area contributed by atoms with Crippen molar-refractivity contribution in [3.05, 3.63) is 114 Å². The smallest absolute Gasteiger partial charge is 0.332 e. The van der Waals surface area contributed by atoms with Crippen molar-refractivity contribution in [2.45, 2.75) is 13.5 Å². The molecule has 43 heavy (non-hydrogen) atoms. The number of carbonyl (C=O) groups excluding carboxylic acids is 1. The molecule has 0 aliphatic heterocycles. The molecule has 0 saturated carbocycles. The van der Waals surface area contributed by atoms with Gasteiger partial charge in [0, 0.05) is 29.7 Å². The molecule has 1 N–H and O–H groups in total. The van der Waals surface area contributed by atoms with Gasteiger partial charge in [-0.3, -0.25) is 23.3 Å².